The van der Waals surface area contributed by atoms with Gasteiger partial charge in [0.2, 0.25) is 0 Å². The zero-order valence-electron chi connectivity index (χ0n) is 12.0. The predicted octanol–water partition coefficient (Wildman–Crippen LogP) is 4.25. The Kier molecular flexibility index (Phi) is 4.07. The van der Waals surface area contributed by atoms with Crippen LogP contribution >= 0.6 is 23.2 Å². The number of aromatic carboxylic acids is 1. The molecular weight excluding hydrogens is 337 g/mol. The van der Waals surface area contributed by atoms with Crippen molar-refractivity contribution in [3.05, 3.63) is 63.8 Å². The quantitative estimate of drug-likeness (QED) is 0.768. The molecule has 0 saturated carbocycles. The lowest BCUT2D eigenvalue weighted by atomic mass is 10.1. The van der Waals surface area contributed by atoms with E-state index in [0.717, 1.165) is 5.56 Å². The first-order valence-corrected chi connectivity index (χ1v) is 7.44. The van der Waals surface area contributed by atoms with E-state index in [1.807, 2.05) is 31.2 Å². The lowest BCUT2D eigenvalue weighted by molar-refractivity contribution is 0.0691. The van der Waals surface area contributed by atoms with Gasteiger partial charge in [0, 0.05) is 10.6 Å². The van der Waals surface area contributed by atoms with Crippen molar-refractivity contribution in [2.24, 2.45) is 0 Å². The molecule has 1 heterocycles. The van der Waals surface area contributed by atoms with Crippen molar-refractivity contribution in [1.29, 1.82) is 0 Å². The Morgan fingerprint density at radius 1 is 1.13 bits per heavy atom. The third-order valence-electron chi connectivity index (χ3n) is 3.34. The van der Waals surface area contributed by atoms with Crippen molar-refractivity contribution < 1.29 is 9.90 Å². The van der Waals surface area contributed by atoms with Crippen LogP contribution in [0, 0.1) is 6.92 Å². The average molecular weight is 348 g/mol. The van der Waals surface area contributed by atoms with Crippen molar-refractivity contribution >= 4 is 29.2 Å². The number of hydrogen-bond acceptors (Lipinski definition) is 3. The van der Waals surface area contributed by atoms with Crippen molar-refractivity contribution in [3.8, 4) is 16.9 Å². The third-order valence-corrected chi connectivity index (χ3v) is 3.87. The summed E-state index contributed by atoms with van der Waals surface area (Å²) in [7, 11) is 0. The smallest absolute Gasteiger partial charge is 0.358 e. The molecule has 116 valence electrons. The van der Waals surface area contributed by atoms with E-state index in [0.29, 0.717) is 27.0 Å². The molecule has 0 radical (unpaired) electrons. The second-order valence-electron chi connectivity index (χ2n) is 4.97. The molecule has 3 rings (SSSR count). The number of carboxylic acids is 1. The van der Waals surface area contributed by atoms with Crippen LogP contribution in [0.3, 0.4) is 0 Å². The maximum atomic E-state index is 11.5. The summed E-state index contributed by atoms with van der Waals surface area (Å²) < 4.78 is 1.41. The number of carbonyl (C=O) groups is 1. The summed E-state index contributed by atoms with van der Waals surface area (Å²) in [6.07, 6.45) is 0. The van der Waals surface area contributed by atoms with E-state index >= 15 is 0 Å². The van der Waals surface area contributed by atoms with Crippen LogP contribution in [0.2, 0.25) is 10.0 Å². The number of halogens is 2. The molecule has 0 fully saturated rings. The molecular formula is C16H11Cl2N3O2. The van der Waals surface area contributed by atoms with E-state index < -0.39 is 5.97 Å². The maximum absolute atomic E-state index is 11.5. The largest absolute Gasteiger partial charge is 0.476 e. The second kappa shape index (κ2) is 6.02. The predicted molar refractivity (Wildman–Crippen MR) is 88.5 cm³/mol. The molecule has 1 N–H and O–H groups in total. The fourth-order valence-corrected chi connectivity index (χ4v) is 2.71. The highest BCUT2D eigenvalue weighted by molar-refractivity contribution is 6.35. The Morgan fingerprint density at radius 2 is 1.83 bits per heavy atom. The lowest BCUT2D eigenvalue weighted by Gasteiger charge is -2.09. The zero-order valence-corrected chi connectivity index (χ0v) is 13.5. The van der Waals surface area contributed by atoms with Crippen LogP contribution in [0.1, 0.15) is 16.1 Å². The molecule has 0 amide bonds. The van der Waals surface area contributed by atoms with Gasteiger partial charge in [-0.2, -0.15) is 0 Å². The molecule has 5 nitrogen and oxygen atoms in total. The molecule has 23 heavy (non-hydrogen) atoms. The van der Waals surface area contributed by atoms with Gasteiger partial charge in [-0.1, -0.05) is 58.2 Å². The Morgan fingerprint density at radius 3 is 2.43 bits per heavy atom. The molecule has 0 aliphatic heterocycles. The van der Waals surface area contributed by atoms with Crippen molar-refractivity contribution in [2.75, 3.05) is 0 Å². The van der Waals surface area contributed by atoms with Gasteiger partial charge < -0.3 is 5.11 Å². The molecule has 0 atom stereocenters. The summed E-state index contributed by atoms with van der Waals surface area (Å²) in [5, 5.41) is 18.0. The van der Waals surface area contributed by atoms with Crippen molar-refractivity contribution in [1.82, 2.24) is 15.0 Å². The molecule has 0 bridgehead atoms. The van der Waals surface area contributed by atoms with E-state index in [4.69, 9.17) is 23.2 Å². The van der Waals surface area contributed by atoms with Gasteiger partial charge >= 0.3 is 5.97 Å². The van der Waals surface area contributed by atoms with Gasteiger partial charge in [-0.25, -0.2) is 9.48 Å². The number of rotatable bonds is 3. The highest BCUT2D eigenvalue weighted by atomic mass is 35.5. The van der Waals surface area contributed by atoms with Gasteiger partial charge in [0.05, 0.1) is 10.7 Å². The number of carboxylic acid groups (broad SMARTS) is 1. The maximum Gasteiger partial charge on any atom is 0.358 e. The molecule has 0 unspecified atom stereocenters. The van der Waals surface area contributed by atoms with Gasteiger partial charge in [0.1, 0.15) is 5.69 Å². The Bertz CT molecular complexity index is 889. The van der Waals surface area contributed by atoms with Crippen LogP contribution in [0.4, 0.5) is 0 Å². The Balaban J connectivity index is 2.26. The summed E-state index contributed by atoms with van der Waals surface area (Å²) in [5.41, 5.74) is 2.48. The first-order chi connectivity index (χ1) is 11.0. The van der Waals surface area contributed by atoms with Gasteiger partial charge in [0.25, 0.3) is 0 Å². The average Bonchev–Trinajstić information content (AvgIpc) is 2.93. The molecule has 0 aliphatic carbocycles. The number of benzene rings is 2. The fourth-order valence-electron chi connectivity index (χ4n) is 2.22. The van der Waals surface area contributed by atoms with E-state index in [1.54, 1.807) is 18.2 Å². The second-order valence-corrected chi connectivity index (χ2v) is 5.81. The minimum atomic E-state index is -1.16. The van der Waals surface area contributed by atoms with Crippen LogP contribution < -0.4 is 0 Å². The SMILES string of the molecule is Cc1ccc(-c2c(C(=O)O)nnn2-c2ccc(Cl)cc2Cl)cc1. The lowest BCUT2D eigenvalue weighted by Crippen LogP contribution is -2.03. The summed E-state index contributed by atoms with van der Waals surface area (Å²) in [5.74, 6) is -1.16. The highest BCUT2D eigenvalue weighted by Gasteiger charge is 2.22. The van der Waals surface area contributed by atoms with Crippen LogP contribution in [-0.4, -0.2) is 26.1 Å². The van der Waals surface area contributed by atoms with E-state index in [1.165, 1.54) is 4.68 Å². The summed E-state index contributed by atoms with van der Waals surface area (Å²) in [6, 6.07) is 12.3. The van der Waals surface area contributed by atoms with Gasteiger partial charge in [-0.3, -0.25) is 0 Å². The minimum absolute atomic E-state index is 0.139. The first kappa shape index (κ1) is 15.5. The number of aromatic nitrogens is 3. The van der Waals surface area contributed by atoms with Crippen molar-refractivity contribution in [3.63, 3.8) is 0 Å². The van der Waals surface area contributed by atoms with Crippen LogP contribution in [0.25, 0.3) is 16.9 Å². The zero-order chi connectivity index (χ0) is 16.6. The monoisotopic (exact) mass is 347 g/mol. The molecule has 2 aromatic carbocycles. The first-order valence-electron chi connectivity index (χ1n) is 6.69. The summed E-state index contributed by atoms with van der Waals surface area (Å²) in [4.78, 5) is 11.5. The fraction of sp³-hybridized carbons (Fsp3) is 0.0625. The standard InChI is InChI=1S/C16H11Cl2N3O2/c1-9-2-4-10(5-3-9)15-14(16(22)23)19-20-21(15)13-7-6-11(17)8-12(13)18/h2-8H,1H3,(H,22,23). The summed E-state index contributed by atoms with van der Waals surface area (Å²) in [6.45, 7) is 1.95. The van der Waals surface area contributed by atoms with E-state index in [2.05, 4.69) is 10.3 Å². The van der Waals surface area contributed by atoms with Crippen LogP contribution in [-0.2, 0) is 0 Å². The van der Waals surface area contributed by atoms with E-state index in [9.17, 15) is 9.90 Å². The van der Waals surface area contributed by atoms with Gasteiger partial charge in [-0.15, -0.1) is 5.10 Å². The number of hydrogen-bond donors (Lipinski definition) is 1. The van der Waals surface area contributed by atoms with Gasteiger partial charge in [-0.05, 0) is 25.1 Å². The Hall–Kier alpha value is -2.37. The van der Waals surface area contributed by atoms with E-state index in [-0.39, 0.29) is 5.69 Å². The number of nitrogens with zero attached hydrogens (tertiary/aromatic N) is 3. The molecule has 0 saturated heterocycles. The normalized spacial score (nSPS) is 10.7. The molecule has 3 aromatic rings. The third kappa shape index (κ3) is 2.93. The highest BCUT2D eigenvalue weighted by Crippen LogP contribution is 2.30. The molecule has 0 spiro atoms. The molecule has 7 heteroatoms. The van der Waals surface area contributed by atoms with Crippen LogP contribution in [0.15, 0.2) is 42.5 Å². The topological polar surface area (TPSA) is 68.0 Å². The minimum Gasteiger partial charge on any atom is -0.476 e. The van der Waals surface area contributed by atoms with Crippen molar-refractivity contribution in [2.45, 2.75) is 6.92 Å². The Labute approximate surface area is 142 Å². The molecule has 1 aromatic heterocycles. The molecule has 0 aliphatic rings. The van der Waals surface area contributed by atoms with Crippen LogP contribution in [0.5, 0.6) is 0 Å². The number of aryl methyl sites for hydroxylation is 1. The summed E-state index contributed by atoms with van der Waals surface area (Å²) >= 11 is 12.1. The van der Waals surface area contributed by atoms with Gasteiger partial charge in [0.15, 0.2) is 5.69 Å².